The average Bonchev–Trinajstić information content (AvgIpc) is 3.37. The van der Waals surface area contributed by atoms with Gasteiger partial charge in [0.15, 0.2) is 5.78 Å². The first kappa shape index (κ1) is 23.6. The molecular weight excluding hydrogens is 458 g/mol. The fourth-order valence-electron chi connectivity index (χ4n) is 7.48. The van der Waals surface area contributed by atoms with Crippen molar-refractivity contribution in [1.82, 2.24) is 0 Å². The van der Waals surface area contributed by atoms with Gasteiger partial charge in [0.05, 0.1) is 28.4 Å². The van der Waals surface area contributed by atoms with Crippen molar-refractivity contribution in [3.05, 3.63) is 101 Å². The van der Waals surface area contributed by atoms with Gasteiger partial charge >= 0.3 is 0 Å². The third-order valence-electron chi connectivity index (χ3n) is 9.07. The molecule has 3 aromatic rings. The molecule has 0 unspecified atom stereocenters. The second-order valence-electron chi connectivity index (χ2n) is 11.0. The first-order chi connectivity index (χ1) is 17.8. The van der Waals surface area contributed by atoms with Crippen LogP contribution in [0.2, 0.25) is 0 Å². The highest BCUT2D eigenvalue weighted by atomic mass is 16.2. The van der Waals surface area contributed by atoms with Gasteiger partial charge < -0.3 is 0 Å². The Morgan fingerprint density at radius 1 is 0.730 bits per heavy atom. The number of fused-ring (bicyclic) bond motifs is 5. The average molecular weight is 490 g/mol. The topological polar surface area (TPSA) is 54.5 Å². The molecule has 0 aromatic heterocycles. The van der Waals surface area contributed by atoms with Crippen molar-refractivity contribution in [3.8, 4) is 0 Å². The zero-order valence-corrected chi connectivity index (χ0v) is 21.7. The van der Waals surface area contributed by atoms with Gasteiger partial charge in [0.25, 0.3) is 0 Å². The summed E-state index contributed by atoms with van der Waals surface area (Å²) in [4.78, 5) is 44.6. The predicted molar refractivity (Wildman–Crippen MR) is 146 cm³/mol. The van der Waals surface area contributed by atoms with Gasteiger partial charge in [-0.05, 0) is 72.7 Å². The number of benzene rings is 3. The maximum Gasteiger partial charge on any atom is 0.239 e. The van der Waals surface area contributed by atoms with Crippen LogP contribution in [0, 0.1) is 36.5 Å². The van der Waals surface area contributed by atoms with E-state index in [9.17, 15) is 14.4 Å². The molecule has 37 heavy (non-hydrogen) atoms. The summed E-state index contributed by atoms with van der Waals surface area (Å²) in [6, 6.07) is 25.6. The smallest absolute Gasteiger partial charge is 0.239 e. The molecule has 0 spiro atoms. The molecule has 186 valence electrons. The van der Waals surface area contributed by atoms with Gasteiger partial charge in [-0.25, -0.2) is 4.90 Å². The minimum absolute atomic E-state index is 0.0241. The van der Waals surface area contributed by atoms with Crippen LogP contribution in [0.15, 0.2) is 78.9 Å². The molecule has 1 saturated heterocycles. The Morgan fingerprint density at radius 3 is 1.86 bits per heavy atom. The highest BCUT2D eigenvalue weighted by molar-refractivity contribution is 6.34. The third kappa shape index (κ3) is 2.87. The molecule has 2 bridgehead atoms. The quantitative estimate of drug-likeness (QED) is 0.389. The van der Waals surface area contributed by atoms with E-state index in [1.807, 2.05) is 99.6 Å². The highest BCUT2D eigenvalue weighted by Crippen LogP contribution is 2.75. The monoisotopic (exact) mass is 489 g/mol. The van der Waals surface area contributed by atoms with Crippen LogP contribution in [0.5, 0.6) is 0 Å². The van der Waals surface area contributed by atoms with E-state index in [4.69, 9.17) is 0 Å². The summed E-state index contributed by atoms with van der Waals surface area (Å²) >= 11 is 0. The van der Waals surface area contributed by atoms with Gasteiger partial charge in [0.1, 0.15) is 0 Å². The summed E-state index contributed by atoms with van der Waals surface area (Å²) in [5.74, 6) is -1.90. The van der Waals surface area contributed by atoms with Gasteiger partial charge in [-0.15, -0.1) is 0 Å². The number of Topliss-reactive ketones (excluding diaryl/α,β-unsaturated/α-hetero) is 1. The molecule has 0 N–H and O–H groups in total. The number of aryl methyl sites for hydroxylation is 2. The van der Waals surface area contributed by atoms with Crippen LogP contribution >= 0.6 is 0 Å². The Balaban J connectivity index is 1.65. The molecular formula is C33H31NO3. The molecule has 6 rings (SSSR count). The van der Waals surface area contributed by atoms with Crippen LogP contribution in [0.1, 0.15) is 48.9 Å². The van der Waals surface area contributed by atoms with Crippen LogP contribution in [-0.2, 0) is 14.4 Å². The zero-order chi connectivity index (χ0) is 26.1. The van der Waals surface area contributed by atoms with Crippen LogP contribution in [0.4, 0.5) is 5.69 Å². The molecule has 0 radical (unpaired) electrons. The molecule has 1 saturated carbocycles. The van der Waals surface area contributed by atoms with Gasteiger partial charge in [-0.1, -0.05) is 80.1 Å². The minimum atomic E-state index is -1.09. The Labute approximate surface area is 218 Å². The Kier molecular flexibility index (Phi) is 5.17. The summed E-state index contributed by atoms with van der Waals surface area (Å²) in [5.41, 5.74) is 4.32. The number of amides is 2. The second-order valence-corrected chi connectivity index (χ2v) is 11.0. The third-order valence-corrected chi connectivity index (χ3v) is 9.07. The second kappa shape index (κ2) is 8.11. The lowest BCUT2D eigenvalue weighted by Gasteiger charge is -2.37. The lowest BCUT2D eigenvalue weighted by atomic mass is 9.61. The van der Waals surface area contributed by atoms with Crippen molar-refractivity contribution in [2.24, 2.45) is 22.7 Å². The lowest BCUT2D eigenvalue weighted by molar-refractivity contribution is -0.134. The summed E-state index contributed by atoms with van der Waals surface area (Å²) in [6.45, 7) is 7.97. The standard InChI is InChI=1S/C33H31NO3/c1-5-18-33-26(23-14-10-7-11-15-23)25(22-12-8-6-9-13-22)32(4,31(33)37)27-28(33)30(36)34(29(27)35)24-17-16-20(2)21(3)19-24/h6-17,19,27-28H,5,18H2,1-4H3/t27-,28-,32-,33+/m0/s1. The number of hydrogen-bond donors (Lipinski definition) is 0. The number of ketones is 1. The zero-order valence-electron chi connectivity index (χ0n) is 21.7. The molecule has 2 amide bonds. The van der Waals surface area contributed by atoms with Crippen LogP contribution in [0.3, 0.4) is 0 Å². The number of rotatable bonds is 5. The van der Waals surface area contributed by atoms with E-state index in [0.717, 1.165) is 39.8 Å². The lowest BCUT2D eigenvalue weighted by Crippen LogP contribution is -2.41. The largest absolute Gasteiger partial charge is 0.298 e. The molecule has 1 heterocycles. The number of anilines is 1. The van der Waals surface area contributed by atoms with Gasteiger partial charge in [0, 0.05) is 0 Å². The molecule has 4 nitrogen and oxygen atoms in total. The summed E-state index contributed by atoms with van der Waals surface area (Å²) in [6.07, 6.45) is 1.26. The molecule has 2 aliphatic carbocycles. The molecule has 1 aliphatic heterocycles. The van der Waals surface area contributed by atoms with E-state index in [0.29, 0.717) is 12.1 Å². The van der Waals surface area contributed by atoms with Gasteiger partial charge in [-0.3, -0.25) is 14.4 Å². The number of imide groups is 1. The molecule has 3 aliphatic rings. The van der Waals surface area contributed by atoms with Crippen molar-refractivity contribution < 1.29 is 14.4 Å². The fourth-order valence-corrected chi connectivity index (χ4v) is 7.48. The summed E-state index contributed by atoms with van der Waals surface area (Å²) in [7, 11) is 0. The van der Waals surface area contributed by atoms with E-state index < -0.39 is 22.7 Å². The van der Waals surface area contributed by atoms with Crippen molar-refractivity contribution in [1.29, 1.82) is 0 Å². The number of nitrogens with zero attached hydrogens (tertiary/aromatic N) is 1. The predicted octanol–water partition coefficient (Wildman–Crippen LogP) is 6.41. The van der Waals surface area contributed by atoms with Crippen molar-refractivity contribution in [3.63, 3.8) is 0 Å². The maximum atomic E-state index is 14.7. The van der Waals surface area contributed by atoms with Crippen molar-refractivity contribution >= 4 is 34.4 Å². The number of hydrogen-bond acceptors (Lipinski definition) is 3. The van der Waals surface area contributed by atoms with Crippen molar-refractivity contribution in [2.45, 2.75) is 40.5 Å². The summed E-state index contributed by atoms with van der Waals surface area (Å²) in [5, 5.41) is 0. The number of carbonyl (C=O) groups excluding carboxylic acids is 3. The van der Waals surface area contributed by atoms with E-state index in [-0.39, 0.29) is 17.6 Å². The molecule has 4 atom stereocenters. The highest BCUT2D eigenvalue weighted by Gasteiger charge is 2.80. The Bertz CT molecular complexity index is 1490. The summed E-state index contributed by atoms with van der Waals surface area (Å²) < 4.78 is 0. The van der Waals surface area contributed by atoms with Crippen LogP contribution in [0.25, 0.3) is 11.1 Å². The molecule has 2 fully saturated rings. The van der Waals surface area contributed by atoms with Crippen LogP contribution < -0.4 is 4.90 Å². The maximum absolute atomic E-state index is 14.7. The molecule has 4 heteroatoms. The van der Waals surface area contributed by atoms with Gasteiger partial charge in [-0.2, -0.15) is 0 Å². The molecule has 3 aromatic carbocycles. The van der Waals surface area contributed by atoms with E-state index in [1.54, 1.807) is 0 Å². The van der Waals surface area contributed by atoms with E-state index >= 15 is 0 Å². The first-order valence-electron chi connectivity index (χ1n) is 13.1. The van der Waals surface area contributed by atoms with E-state index in [1.165, 1.54) is 4.90 Å². The minimum Gasteiger partial charge on any atom is -0.298 e. The Hall–Kier alpha value is -3.79. The van der Waals surface area contributed by atoms with Crippen LogP contribution in [-0.4, -0.2) is 17.6 Å². The normalized spacial score (nSPS) is 28.4. The SMILES string of the molecule is CCC[C@@]12C(=O)[C@@](C)(C(c3ccccc3)=C1c1ccccc1)[C@@H]1C(=O)N(c3ccc(C)c(C)c3)C(=O)[C@H]12. The first-order valence-corrected chi connectivity index (χ1v) is 13.1. The van der Waals surface area contributed by atoms with Gasteiger partial charge in [0.2, 0.25) is 11.8 Å². The number of carbonyl (C=O) groups is 3. The fraction of sp³-hybridized carbons (Fsp3) is 0.303. The Morgan fingerprint density at radius 2 is 1.30 bits per heavy atom. The van der Waals surface area contributed by atoms with E-state index in [2.05, 4.69) is 6.92 Å². The van der Waals surface area contributed by atoms with Crippen molar-refractivity contribution in [2.75, 3.05) is 4.90 Å². The number of allylic oxidation sites excluding steroid dienone is 2.